The van der Waals surface area contributed by atoms with Gasteiger partial charge in [0.25, 0.3) is 0 Å². The number of amides is 1. The number of aryl methyl sites for hydroxylation is 1. The Morgan fingerprint density at radius 2 is 2.14 bits per heavy atom. The highest BCUT2D eigenvalue weighted by atomic mass is 32.1. The molecule has 124 valence electrons. The van der Waals surface area contributed by atoms with Crippen LogP contribution in [-0.4, -0.2) is 36.0 Å². The van der Waals surface area contributed by atoms with Gasteiger partial charge in [-0.2, -0.15) is 0 Å². The summed E-state index contributed by atoms with van der Waals surface area (Å²) in [7, 11) is 0. The number of carbonyl (C=O) groups excluding carboxylic acids is 1. The molecule has 0 saturated carbocycles. The van der Waals surface area contributed by atoms with Crippen LogP contribution in [0.2, 0.25) is 0 Å². The molecule has 0 aliphatic rings. The van der Waals surface area contributed by atoms with Crippen LogP contribution in [0.25, 0.3) is 0 Å². The molecular formula is C15H27N5OS. The molecule has 1 aromatic heterocycles. The average Bonchev–Trinajstić information content (AvgIpc) is 2.92. The number of rotatable bonds is 8. The van der Waals surface area contributed by atoms with Crippen LogP contribution in [-0.2, 0) is 17.8 Å². The zero-order chi connectivity index (χ0) is 16.4. The molecule has 0 aliphatic heterocycles. The highest BCUT2D eigenvalue weighted by Crippen LogP contribution is 2.13. The quantitative estimate of drug-likeness (QED) is 0.502. The predicted octanol–water partition coefficient (Wildman–Crippen LogP) is 1.68. The monoisotopic (exact) mass is 325 g/mol. The van der Waals surface area contributed by atoms with Crippen LogP contribution in [0, 0.1) is 0 Å². The Bertz CT molecular complexity index is 484. The number of carbonyl (C=O) groups is 1. The van der Waals surface area contributed by atoms with Crippen LogP contribution in [0.4, 0.5) is 0 Å². The molecule has 0 aliphatic carbocycles. The Kier molecular flexibility index (Phi) is 8.50. The largest absolute Gasteiger partial charge is 0.357 e. The number of nitrogens with one attached hydrogen (secondary N) is 3. The maximum atomic E-state index is 11.6. The molecule has 1 heterocycles. The second-order valence-corrected chi connectivity index (χ2v) is 6.37. The van der Waals surface area contributed by atoms with Crippen molar-refractivity contribution in [3.8, 4) is 0 Å². The average molecular weight is 325 g/mol. The van der Waals surface area contributed by atoms with Crippen LogP contribution < -0.4 is 16.0 Å². The van der Waals surface area contributed by atoms with Crippen LogP contribution in [0.3, 0.4) is 0 Å². The lowest BCUT2D eigenvalue weighted by Gasteiger charge is -2.12. The molecule has 7 heteroatoms. The van der Waals surface area contributed by atoms with E-state index < -0.39 is 0 Å². The molecule has 0 unspecified atom stereocenters. The molecule has 22 heavy (non-hydrogen) atoms. The molecule has 3 N–H and O–H groups in total. The van der Waals surface area contributed by atoms with Gasteiger partial charge in [-0.3, -0.25) is 4.79 Å². The molecule has 0 spiro atoms. The van der Waals surface area contributed by atoms with E-state index in [2.05, 4.69) is 32.9 Å². The number of hydrogen-bond donors (Lipinski definition) is 3. The molecule has 1 aromatic rings. The SMILES string of the molecule is CCNC(=NCc1ncc(CC)s1)NCCC(=O)NC(C)C. The molecule has 0 saturated heterocycles. The van der Waals surface area contributed by atoms with Crippen molar-refractivity contribution in [1.82, 2.24) is 20.9 Å². The van der Waals surface area contributed by atoms with Crippen LogP contribution >= 0.6 is 11.3 Å². The van der Waals surface area contributed by atoms with Gasteiger partial charge in [-0.25, -0.2) is 9.98 Å². The van der Waals surface area contributed by atoms with Crippen molar-refractivity contribution in [2.75, 3.05) is 13.1 Å². The Hall–Kier alpha value is -1.63. The second-order valence-electron chi connectivity index (χ2n) is 5.17. The highest BCUT2D eigenvalue weighted by molar-refractivity contribution is 7.11. The fourth-order valence-electron chi connectivity index (χ4n) is 1.76. The topological polar surface area (TPSA) is 78.4 Å². The van der Waals surface area contributed by atoms with Crippen molar-refractivity contribution in [2.24, 2.45) is 4.99 Å². The maximum absolute atomic E-state index is 11.6. The van der Waals surface area contributed by atoms with Gasteiger partial charge in [0, 0.05) is 36.6 Å². The summed E-state index contributed by atoms with van der Waals surface area (Å²) in [6.07, 6.45) is 3.34. The summed E-state index contributed by atoms with van der Waals surface area (Å²) >= 11 is 1.69. The van der Waals surface area contributed by atoms with Gasteiger partial charge in [-0.1, -0.05) is 6.92 Å². The van der Waals surface area contributed by atoms with E-state index in [9.17, 15) is 4.79 Å². The van der Waals surface area contributed by atoms with E-state index in [0.29, 0.717) is 25.5 Å². The van der Waals surface area contributed by atoms with Gasteiger partial charge in [0.2, 0.25) is 5.91 Å². The zero-order valence-corrected chi connectivity index (χ0v) is 14.7. The first-order chi connectivity index (χ1) is 10.5. The third-order valence-electron chi connectivity index (χ3n) is 2.76. The summed E-state index contributed by atoms with van der Waals surface area (Å²) in [5.74, 6) is 0.763. The molecule has 0 fully saturated rings. The van der Waals surface area contributed by atoms with Gasteiger partial charge in [0.05, 0.1) is 6.54 Å². The number of guanidine groups is 1. The number of hydrogen-bond acceptors (Lipinski definition) is 4. The molecule has 1 rings (SSSR count). The minimum Gasteiger partial charge on any atom is -0.357 e. The molecule has 6 nitrogen and oxygen atoms in total. The molecular weight excluding hydrogens is 298 g/mol. The first-order valence-electron chi connectivity index (χ1n) is 7.80. The summed E-state index contributed by atoms with van der Waals surface area (Å²) < 4.78 is 0. The molecule has 0 atom stereocenters. The summed E-state index contributed by atoms with van der Waals surface area (Å²) in [4.78, 5) is 21.7. The van der Waals surface area contributed by atoms with Crippen molar-refractivity contribution in [3.63, 3.8) is 0 Å². The second kappa shape index (κ2) is 10.2. The molecule has 0 aromatic carbocycles. The normalized spacial score (nSPS) is 11.6. The Balaban J connectivity index is 2.43. The Labute approximate surface area is 136 Å². The Morgan fingerprint density at radius 1 is 1.36 bits per heavy atom. The minimum absolute atomic E-state index is 0.0471. The van der Waals surface area contributed by atoms with Crippen LogP contribution in [0.1, 0.15) is 44.0 Å². The smallest absolute Gasteiger partial charge is 0.221 e. The Morgan fingerprint density at radius 3 is 2.73 bits per heavy atom. The van der Waals surface area contributed by atoms with Crippen molar-refractivity contribution in [2.45, 2.75) is 53.1 Å². The van der Waals surface area contributed by atoms with E-state index in [1.54, 1.807) is 11.3 Å². The van der Waals surface area contributed by atoms with Crippen molar-refractivity contribution in [1.29, 1.82) is 0 Å². The van der Waals surface area contributed by atoms with E-state index in [1.165, 1.54) is 4.88 Å². The fourth-order valence-corrected chi connectivity index (χ4v) is 2.55. The number of aromatic nitrogens is 1. The lowest BCUT2D eigenvalue weighted by atomic mass is 10.3. The third-order valence-corrected chi connectivity index (χ3v) is 3.89. The predicted molar refractivity (Wildman–Crippen MR) is 92.2 cm³/mol. The van der Waals surface area contributed by atoms with Gasteiger partial charge in [-0.15, -0.1) is 11.3 Å². The lowest BCUT2D eigenvalue weighted by Crippen LogP contribution is -2.40. The van der Waals surface area contributed by atoms with E-state index in [4.69, 9.17) is 0 Å². The first kappa shape index (κ1) is 18.4. The minimum atomic E-state index is 0.0471. The number of aliphatic imine (C=N–C) groups is 1. The van der Waals surface area contributed by atoms with E-state index in [-0.39, 0.29) is 11.9 Å². The molecule has 0 radical (unpaired) electrons. The van der Waals surface area contributed by atoms with Crippen molar-refractivity contribution in [3.05, 3.63) is 16.1 Å². The van der Waals surface area contributed by atoms with Crippen molar-refractivity contribution < 1.29 is 4.79 Å². The maximum Gasteiger partial charge on any atom is 0.221 e. The fraction of sp³-hybridized carbons (Fsp3) is 0.667. The van der Waals surface area contributed by atoms with Gasteiger partial charge in [0.1, 0.15) is 5.01 Å². The van der Waals surface area contributed by atoms with E-state index in [1.807, 2.05) is 27.0 Å². The highest BCUT2D eigenvalue weighted by Gasteiger charge is 2.05. The molecule has 1 amide bonds. The van der Waals surface area contributed by atoms with Gasteiger partial charge in [0.15, 0.2) is 5.96 Å². The summed E-state index contributed by atoms with van der Waals surface area (Å²) in [6, 6.07) is 0.173. The van der Waals surface area contributed by atoms with Gasteiger partial charge < -0.3 is 16.0 Å². The van der Waals surface area contributed by atoms with Crippen molar-refractivity contribution >= 4 is 23.2 Å². The summed E-state index contributed by atoms with van der Waals surface area (Å²) in [5.41, 5.74) is 0. The number of nitrogens with zero attached hydrogens (tertiary/aromatic N) is 2. The first-order valence-corrected chi connectivity index (χ1v) is 8.61. The summed E-state index contributed by atoms with van der Waals surface area (Å²) in [5, 5.41) is 10.2. The van der Waals surface area contributed by atoms with E-state index >= 15 is 0 Å². The molecule has 0 bridgehead atoms. The van der Waals surface area contributed by atoms with Crippen LogP contribution in [0.15, 0.2) is 11.2 Å². The lowest BCUT2D eigenvalue weighted by molar-refractivity contribution is -0.121. The van der Waals surface area contributed by atoms with E-state index in [0.717, 1.165) is 18.0 Å². The number of thiazole rings is 1. The third kappa shape index (κ3) is 7.40. The standard InChI is InChI=1S/C15H27N5OS/c1-5-12-9-18-14(22-12)10-19-15(16-6-2)17-8-7-13(21)20-11(3)4/h9,11H,5-8,10H2,1-4H3,(H,20,21)(H2,16,17,19). The van der Waals surface area contributed by atoms with Crippen LogP contribution in [0.5, 0.6) is 0 Å². The summed E-state index contributed by atoms with van der Waals surface area (Å²) in [6.45, 7) is 9.93. The van der Waals surface area contributed by atoms with Gasteiger partial charge in [-0.05, 0) is 27.2 Å². The van der Waals surface area contributed by atoms with Gasteiger partial charge >= 0.3 is 0 Å². The zero-order valence-electron chi connectivity index (χ0n) is 13.9.